The lowest BCUT2D eigenvalue weighted by atomic mass is 9.97. The third-order valence-corrected chi connectivity index (χ3v) is 6.60. The minimum absolute atomic E-state index is 0.233. The highest BCUT2D eigenvalue weighted by Crippen LogP contribution is 2.32. The first-order valence-electron chi connectivity index (χ1n) is 12.3. The number of thiocarbonyl (C=S) groups is 1. The van der Waals surface area contributed by atoms with Crippen molar-refractivity contribution < 1.29 is 14.3 Å². The summed E-state index contributed by atoms with van der Waals surface area (Å²) in [5.41, 5.74) is 2.25. The van der Waals surface area contributed by atoms with Crippen LogP contribution in [0.25, 0.3) is 16.9 Å². The predicted molar refractivity (Wildman–Crippen MR) is 143 cm³/mol. The Morgan fingerprint density at radius 3 is 2.58 bits per heavy atom. The largest absolute Gasteiger partial charge is 0.463 e. The zero-order chi connectivity index (χ0) is 25.3. The molecule has 2 N–H and O–H groups in total. The number of aromatic nitrogens is 3. The number of ether oxygens (including phenoxy) is 2. The second kappa shape index (κ2) is 10.0. The number of fused-ring (bicyclic) bond motifs is 3. The molecule has 0 aliphatic carbocycles. The van der Waals surface area contributed by atoms with Crippen LogP contribution in [0.2, 0.25) is 0 Å². The normalized spacial score (nSPS) is 19.4. The van der Waals surface area contributed by atoms with E-state index in [-0.39, 0.29) is 24.8 Å². The van der Waals surface area contributed by atoms with Gasteiger partial charge in [-0.3, -0.25) is 4.79 Å². The Labute approximate surface area is 216 Å². The molecule has 9 nitrogen and oxygen atoms in total. The second-order valence-corrected chi connectivity index (χ2v) is 10.7. The first-order valence-corrected chi connectivity index (χ1v) is 12.8. The molecule has 1 aromatic carbocycles. The summed E-state index contributed by atoms with van der Waals surface area (Å²) in [6.07, 6.45) is 4.75. The van der Waals surface area contributed by atoms with Crippen molar-refractivity contribution >= 4 is 40.3 Å². The second-order valence-electron chi connectivity index (χ2n) is 10.3. The van der Waals surface area contributed by atoms with Crippen LogP contribution in [-0.2, 0) is 14.3 Å². The standard InChI is InChI=1S/C26H32N6O3S/c1-26(2,3)24(33)34-14-12-27-25(36)28-18-8-6-17(7-9-18)22-29-23(21-5-4-13-32(21)30-22)31-15-19-10-11-20(16-31)35-19/h4-9,13,19-20H,10-12,14-16H2,1-3H3,(H2,27,28,36)/t19-,20+. The number of carbonyl (C=O) groups excluding carboxylic acids is 1. The van der Waals surface area contributed by atoms with Crippen LogP contribution < -0.4 is 15.5 Å². The number of nitrogens with zero attached hydrogens (tertiary/aromatic N) is 4. The molecule has 5 rings (SSSR count). The molecule has 0 amide bonds. The van der Waals surface area contributed by atoms with Crippen LogP contribution in [0.1, 0.15) is 33.6 Å². The average molecular weight is 509 g/mol. The van der Waals surface area contributed by atoms with Gasteiger partial charge >= 0.3 is 5.97 Å². The number of rotatable bonds is 6. The first-order chi connectivity index (χ1) is 17.3. The van der Waals surface area contributed by atoms with Crippen molar-refractivity contribution in [2.45, 2.75) is 45.8 Å². The molecule has 2 aliphatic heterocycles. The molecule has 2 fully saturated rings. The van der Waals surface area contributed by atoms with Crippen molar-refractivity contribution in [2.24, 2.45) is 5.41 Å². The van der Waals surface area contributed by atoms with Gasteiger partial charge in [-0.05, 0) is 82.2 Å². The summed E-state index contributed by atoms with van der Waals surface area (Å²) in [5.74, 6) is 1.38. The SMILES string of the molecule is CC(C)(C)C(=O)OCCNC(=S)Nc1ccc(-c2nc(N3C[C@H]4CC[C@@H](C3)O4)c3cccn3n2)cc1. The summed E-state index contributed by atoms with van der Waals surface area (Å²) in [6.45, 7) is 7.88. The van der Waals surface area contributed by atoms with Crippen LogP contribution in [0.4, 0.5) is 11.5 Å². The third kappa shape index (κ3) is 5.44. The molecule has 2 atom stereocenters. The first kappa shape index (κ1) is 24.5. The van der Waals surface area contributed by atoms with Crippen LogP contribution >= 0.6 is 12.2 Å². The van der Waals surface area contributed by atoms with Crippen molar-refractivity contribution in [3.8, 4) is 11.4 Å². The maximum atomic E-state index is 11.8. The van der Waals surface area contributed by atoms with Gasteiger partial charge < -0.3 is 25.0 Å². The van der Waals surface area contributed by atoms with Gasteiger partial charge in [-0.1, -0.05) is 0 Å². The number of esters is 1. The molecule has 190 valence electrons. The van der Waals surface area contributed by atoms with E-state index in [9.17, 15) is 4.79 Å². The van der Waals surface area contributed by atoms with Gasteiger partial charge in [-0.2, -0.15) is 0 Å². The van der Waals surface area contributed by atoms with E-state index in [1.807, 2.05) is 61.8 Å². The quantitative estimate of drug-likeness (QED) is 0.294. The van der Waals surface area contributed by atoms with E-state index in [2.05, 4.69) is 21.6 Å². The fourth-order valence-corrected chi connectivity index (χ4v) is 4.68. The monoisotopic (exact) mass is 508 g/mol. The van der Waals surface area contributed by atoms with Crippen LogP contribution in [0.5, 0.6) is 0 Å². The van der Waals surface area contributed by atoms with Gasteiger partial charge in [0.05, 0.1) is 24.2 Å². The molecule has 0 saturated carbocycles. The zero-order valence-electron chi connectivity index (χ0n) is 20.9. The summed E-state index contributed by atoms with van der Waals surface area (Å²) >= 11 is 5.36. The fourth-order valence-electron chi connectivity index (χ4n) is 4.46. The van der Waals surface area contributed by atoms with E-state index < -0.39 is 5.41 Å². The highest BCUT2D eigenvalue weighted by molar-refractivity contribution is 7.80. The molecule has 36 heavy (non-hydrogen) atoms. The number of hydrogen-bond donors (Lipinski definition) is 2. The molecule has 10 heteroatoms. The van der Waals surface area contributed by atoms with E-state index >= 15 is 0 Å². The Hall–Kier alpha value is -3.24. The van der Waals surface area contributed by atoms with Gasteiger partial charge in [0.1, 0.15) is 12.1 Å². The number of hydrogen-bond acceptors (Lipinski definition) is 7. The third-order valence-electron chi connectivity index (χ3n) is 6.35. The van der Waals surface area contributed by atoms with E-state index in [0.717, 1.165) is 48.5 Å². The Morgan fingerprint density at radius 2 is 1.89 bits per heavy atom. The molecule has 0 radical (unpaired) electrons. The van der Waals surface area contributed by atoms with Gasteiger partial charge in [-0.25, -0.2) is 9.50 Å². The summed E-state index contributed by atoms with van der Waals surface area (Å²) in [7, 11) is 0. The van der Waals surface area contributed by atoms with Gasteiger partial charge in [0, 0.05) is 30.5 Å². The van der Waals surface area contributed by atoms with Crippen LogP contribution in [-0.4, -0.2) is 64.1 Å². The highest BCUT2D eigenvalue weighted by Gasteiger charge is 2.35. The van der Waals surface area contributed by atoms with E-state index in [1.54, 1.807) is 0 Å². The molecule has 0 spiro atoms. The molecule has 3 aromatic rings. The molecular weight excluding hydrogens is 476 g/mol. The summed E-state index contributed by atoms with van der Waals surface area (Å²) in [4.78, 5) is 19.1. The zero-order valence-corrected chi connectivity index (χ0v) is 21.7. The lowest BCUT2D eigenvalue weighted by Gasteiger charge is -2.33. The van der Waals surface area contributed by atoms with E-state index in [4.69, 9.17) is 31.8 Å². The van der Waals surface area contributed by atoms with Crippen molar-refractivity contribution in [3.05, 3.63) is 42.6 Å². The van der Waals surface area contributed by atoms with Gasteiger partial charge in [-0.15, -0.1) is 5.10 Å². The Bertz CT molecular complexity index is 1240. The lowest BCUT2D eigenvalue weighted by Crippen LogP contribution is -2.43. The minimum Gasteiger partial charge on any atom is -0.463 e. The minimum atomic E-state index is -0.515. The molecule has 2 aromatic heterocycles. The number of anilines is 2. The van der Waals surface area contributed by atoms with Crippen LogP contribution in [0.15, 0.2) is 42.6 Å². The van der Waals surface area contributed by atoms with Crippen LogP contribution in [0.3, 0.4) is 0 Å². The Kier molecular flexibility index (Phi) is 6.81. The molecule has 2 bridgehead atoms. The maximum Gasteiger partial charge on any atom is 0.311 e. The molecule has 4 heterocycles. The Morgan fingerprint density at radius 1 is 1.17 bits per heavy atom. The number of carbonyl (C=O) groups is 1. The number of nitrogens with one attached hydrogen (secondary N) is 2. The molecule has 2 saturated heterocycles. The average Bonchev–Trinajstić information content (AvgIpc) is 3.46. The van der Waals surface area contributed by atoms with Crippen molar-refractivity contribution in [3.63, 3.8) is 0 Å². The van der Waals surface area contributed by atoms with Crippen molar-refractivity contribution in [2.75, 3.05) is 36.5 Å². The maximum absolute atomic E-state index is 11.8. The summed E-state index contributed by atoms with van der Waals surface area (Å²) in [5, 5.41) is 11.4. The van der Waals surface area contributed by atoms with E-state index in [0.29, 0.717) is 17.5 Å². The smallest absolute Gasteiger partial charge is 0.311 e. The van der Waals surface area contributed by atoms with Gasteiger partial charge in [0.15, 0.2) is 16.8 Å². The predicted octanol–water partition coefficient (Wildman–Crippen LogP) is 3.64. The van der Waals surface area contributed by atoms with Crippen LogP contribution in [0, 0.1) is 5.41 Å². The lowest BCUT2D eigenvalue weighted by molar-refractivity contribution is -0.152. The fraction of sp³-hybridized carbons (Fsp3) is 0.462. The van der Waals surface area contributed by atoms with Crippen molar-refractivity contribution in [1.82, 2.24) is 19.9 Å². The Balaban J connectivity index is 1.23. The summed E-state index contributed by atoms with van der Waals surface area (Å²) < 4.78 is 13.2. The summed E-state index contributed by atoms with van der Waals surface area (Å²) in [6, 6.07) is 11.9. The van der Waals surface area contributed by atoms with E-state index in [1.165, 1.54) is 0 Å². The molecule has 2 aliphatic rings. The molecular formula is C26H32N6O3S. The van der Waals surface area contributed by atoms with Crippen molar-refractivity contribution in [1.29, 1.82) is 0 Å². The topological polar surface area (TPSA) is 93.0 Å². The van der Waals surface area contributed by atoms with Gasteiger partial charge in [0.2, 0.25) is 0 Å². The molecule has 0 unspecified atom stereocenters. The number of benzene rings is 1. The number of morpholine rings is 1. The highest BCUT2D eigenvalue weighted by atomic mass is 32.1. The van der Waals surface area contributed by atoms with Gasteiger partial charge in [0.25, 0.3) is 0 Å².